The summed E-state index contributed by atoms with van der Waals surface area (Å²) in [6, 6.07) is 27.9. The third-order valence-electron chi connectivity index (χ3n) is 6.44. The topological polar surface area (TPSA) is 88.5 Å². The largest absolute Gasteiger partial charge is 0.322 e. The van der Waals surface area contributed by atoms with Crippen molar-refractivity contribution >= 4 is 48.9 Å². The maximum Gasteiger partial charge on any atom is 0.308 e. The van der Waals surface area contributed by atoms with Crippen LogP contribution in [0.5, 0.6) is 0 Å². The molecule has 4 aromatic carbocycles. The lowest BCUT2D eigenvalue weighted by Gasteiger charge is -2.26. The lowest BCUT2D eigenvalue weighted by molar-refractivity contribution is 0.102. The van der Waals surface area contributed by atoms with Gasteiger partial charge in [-0.1, -0.05) is 71.5 Å². The van der Waals surface area contributed by atoms with E-state index in [1.165, 1.54) is 4.31 Å². The molecule has 39 heavy (non-hydrogen) atoms. The number of rotatable bonds is 8. The number of carbonyl (C=O) groups excluding carboxylic acids is 1. The predicted octanol–water partition coefficient (Wildman–Crippen LogP) is 6.04. The molecule has 0 aliphatic heterocycles. The zero-order chi connectivity index (χ0) is 27.6. The molecular weight excluding hydrogens is 530 g/mol. The van der Waals surface area contributed by atoms with Crippen molar-refractivity contribution in [1.82, 2.24) is 4.57 Å². The molecule has 5 rings (SSSR count). The Morgan fingerprint density at radius 2 is 1.62 bits per heavy atom. The van der Waals surface area contributed by atoms with E-state index in [0.29, 0.717) is 12.2 Å². The van der Waals surface area contributed by atoms with Crippen LogP contribution in [0.15, 0.2) is 107 Å². The average molecular weight is 558 g/mol. The number of benzene rings is 4. The van der Waals surface area contributed by atoms with E-state index in [4.69, 9.17) is 0 Å². The summed E-state index contributed by atoms with van der Waals surface area (Å²) in [7, 11) is -4.01. The summed E-state index contributed by atoms with van der Waals surface area (Å²) in [5.74, 6) is -0.454. The van der Waals surface area contributed by atoms with E-state index in [-0.39, 0.29) is 27.6 Å². The second kappa shape index (κ2) is 10.9. The summed E-state index contributed by atoms with van der Waals surface area (Å²) in [4.78, 5) is 25.9. The Morgan fingerprint density at radius 1 is 0.923 bits per heavy atom. The summed E-state index contributed by atoms with van der Waals surface area (Å²) >= 11 is 1.12. The minimum absolute atomic E-state index is 0.0474. The maximum absolute atomic E-state index is 14.0. The van der Waals surface area contributed by atoms with Crippen molar-refractivity contribution in [2.45, 2.75) is 31.8 Å². The molecule has 1 amide bonds. The molecule has 0 spiro atoms. The molecule has 1 N–H and O–H groups in total. The monoisotopic (exact) mass is 557 g/mol. The van der Waals surface area contributed by atoms with E-state index < -0.39 is 15.9 Å². The molecule has 0 aliphatic carbocycles. The fourth-order valence-corrected chi connectivity index (χ4v) is 6.88. The van der Waals surface area contributed by atoms with Crippen LogP contribution < -0.4 is 14.5 Å². The van der Waals surface area contributed by atoms with Gasteiger partial charge in [0, 0.05) is 12.2 Å². The molecule has 7 nitrogen and oxygen atoms in total. The summed E-state index contributed by atoms with van der Waals surface area (Å²) < 4.78 is 31.6. The lowest BCUT2D eigenvalue weighted by atomic mass is 10.1. The standard InChI is InChI=1S/C30H27N3O4S2/c1-3-32-27-18-15-23(19-28(27)38-30(32)35)31-29(34)25-11-7-8-12-26(25)33(20-22-9-5-4-6-10-22)39(36,37)24-16-13-21(2)14-17-24/h4-19H,3,20H2,1-2H3,(H,31,34). The number of para-hydroxylation sites is 1. The zero-order valence-electron chi connectivity index (χ0n) is 21.5. The van der Waals surface area contributed by atoms with Crippen molar-refractivity contribution in [1.29, 1.82) is 0 Å². The van der Waals surface area contributed by atoms with Crippen LogP contribution in [0.3, 0.4) is 0 Å². The van der Waals surface area contributed by atoms with E-state index in [9.17, 15) is 18.0 Å². The third-order valence-corrected chi connectivity index (χ3v) is 9.15. The third kappa shape index (κ3) is 5.36. The molecule has 0 fully saturated rings. The molecule has 0 saturated heterocycles. The van der Waals surface area contributed by atoms with Crippen molar-refractivity contribution < 1.29 is 13.2 Å². The molecule has 0 saturated carbocycles. The van der Waals surface area contributed by atoms with Crippen molar-refractivity contribution in [3.63, 3.8) is 0 Å². The molecule has 5 aromatic rings. The van der Waals surface area contributed by atoms with E-state index in [0.717, 1.165) is 32.7 Å². The van der Waals surface area contributed by atoms with E-state index in [2.05, 4.69) is 5.32 Å². The van der Waals surface area contributed by atoms with Crippen molar-refractivity contribution in [3.05, 3.63) is 123 Å². The van der Waals surface area contributed by atoms with Gasteiger partial charge in [0.1, 0.15) is 0 Å². The highest BCUT2D eigenvalue weighted by molar-refractivity contribution is 7.92. The molecule has 1 heterocycles. The lowest BCUT2D eigenvalue weighted by Crippen LogP contribution is -2.32. The molecule has 9 heteroatoms. The van der Waals surface area contributed by atoms with E-state index >= 15 is 0 Å². The highest BCUT2D eigenvalue weighted by atomic mass is 32.2. The van der Waals surface area contributed by atoms with Gasteiger partial charge in [-0.3, -0.25) is 18.5 Å². The number of aromatic nitrogens is 1. The number of nitrogens with zero attached hydrogens (tertiary/aromatic N) is 2. The highest BCUT2D eigenvalue weighted by Crippen LogP contribution is 2.30. The number of aryl methyl sites for hydroxylation is 2. The van der Waals surface area contributed by atoms with Crippen LogP contribution in [-0.4, -0.2) is 18.9 Å². The van der Waals surface area contributed by atoms with Gasteiger partial charge in [-0.25, -0.2) is 8.42 Å². The van der Waals surface area contributed by atoms with Crippen LogP contribution in [0.4, 0.5) is 11.4 Å². The van der Waals surface area contributed by atoms with Gasteiger partial charge in [0.15, 0.2) is 0 Å². The Hall–Kier alpha value is -4.21. The van der Waals surface area contributed by atoms with Gasteiger partial charge >= 0.3 is 4.87 Å². The number of hydrogen-bond donors (Lipinski definition) is 1. The Labute approximate surface area is 231 Å². The Morgan fingerprint density at radius 3 is 2.33 bits per heavy atom. The Bertz CT molecular complexity index is 1810. The van der Waals surface area contributed by atoms with E-state index in [1.807, 2.05) is 50.2 Å². The molecule has 0 unspecified atom stereocenters. The number of nitrogens with one attached hydrogen (secondary N) is 1. The van der Waals surface area contributed by atoms with Crippen molar-refractivity contribution in [3.8, 4) is 0 Å². The number of amides is 1. The van der Waals surface area contributed by atoms with Crippen LogP contribution in [-0.2, 0) is 23.1 Å². The zero-order valence-corrected chi connectivity index (χ0v) is 23.1. The summed E-state index contributed by atoms with van der Waals surface area (Å²) in [6.07, 6.45) is 0. The van der Waals surface area contributed by atoms with Gasteiger partial charge < -0.3 is 5.32 Å². The predicted molar refractivity (Wildman–Crippen MR) is 157 cm³/mol. The minimum atomic E-state index is -4.01. The van der Waals surface area contributed by atoms with E-state index in [1.54, 1.807) is 65.2 Å². The van der Waals surface area contributed by atoms with Crippen molar-refractivity contribution in [2.24, 2.45) is 0 Å². The highest BCUT2D eigenvalue weighted by Gasteiger charge is 2.28. The molecule has 0 radical (unpaired) electrons. The molecule has 0 aliphatic rings. The summed E-state index contributed by atoms with van der Waals surface area (Å²) in [5.41, 5.74) is 3.53. The SMILES string of the molecule is CCn1c(=O)sc2cc(NC(=O)c3ccccc3N(Cc3ccccc3)S(=O)(=O)c3ccc(C)cc3)ccc21. The molecule has 0 atom stereocenters. The number of carbonyl (C=O) groups is 1. The molecular formula is C30H27N3O4S2. The van der Waals surface area contributed by atoms with Gasteiger partial charge in [0.25, 0.3) is 15.9 Å². The Balaban J connectivity index is 1.55. The van der Waals surface area contributed by atoms with Gasteiger partial charge in [0.05, 0.1) is 32.9 Å². The fraction of sp³-hybridized carbons (Fsp3) is 0.133. The number of thiazole rings is 1. The quantitative estimate of drug-likeness (QED) is 0.252. The number of sulfonamides is 1. The van der Waals surface area contributed by atoms with Crippen LogP contribution in [0, 0.1) is 6.92 Å². The van der Waals surface area contributed by atoms with Crippen LogP contribution in [0.2, 0.25) is 0 Å². The minimum Gasteiger partial charge on any atom is -0.322 e. The maximum atomic E-state index is 14.0. The van der Waals surface area contributed by atoms with Crippen molar-refractivity contribution in [2.75, 3.05) is 9.62 Å². The first kappa shape index (κ1) is 26.4. The van der Waals surface area contributed by atoms with Gasteiger partial charge in [-0.2, -0.15) is 0 Å². The van der Waals surface area contributed by atoms with Gasteiger partial charge in [-0.15, -0.1) is 0 Å². The second-order valence-electron chi connectivity index (χ2n) is 9.08. The van der Waals surface area contributed by atoms with Gasteiger partial charge in [-0.05, 0) is 61.9 Å². The molecule has 0 bridgehead atoms. The van der Waals surface area contributed by atoms with Gasteiger partial charge in [0.2, 0.25) is 0 Å². The second-order valence-corrected chi connectivity index (χ2v) is 11.9. The molecule has 1 aromatic heterocycles. The van der Waals surface area contributed by atoms with Crippen LogP contribution >= 0.6 is 11.3 Å². The fourth-order valence-electron chi connectivity index (χ4n) is 4.41. The number of hydrogen-bond acceptors (Lipinski definition) is 5. The number of fused-ring (bicyclic) bond motifs is 1. The van der Waals surface area contributed by atoms with Crippen LogP contribution in [0.25, 0.3) is 10.2 Å². The molecule has 198 valence electrons. The smallest absolute Gasteiger partial charge is 0.308 e. The van der Waals surface area contributed by atoms with Crippen LogP contribution in [0.1, 0.15) is 28.4 Å². The first-order chi connectivity index (χ1) is 18.8. The Kier molecular flexibility index (Phi) is 7.36. The first-order valence-electron chi connectivity index (χ1n) is 12.4. The summed E-state index contributed by atoms with van der Waals surface area (Å²) in [6.45, 7) is 4.41. The number of anilines is 2. The normalized spacial score (nSPS) is 11.4. The average Bonchev–Trinajstić information content (AvgIpc) is 3.26. The summed E-state index contributed by atoms with van der Waals surface area (Å²) in [5, 5.41) is 2.89. The first-order valence-corrected chi connectivity index (χ1v) is 14.7.